The van der Waals surface area contributed by atoms with E-state index in [4.69, 9.17) is 14.2 Å². The average Bonchev–Trinajstić information content (AvgIpc) is 2.87. The topological polar surface area (TPSA) is 86.2 Å². The van der Waals surface area contributed by atoms with E-state index in [1.165, 1.54) is 6.21 Å². The Hall–Kier alpha value is -3.65. The van der Waals surface area contributed by atoms with E-state index in [1.807, 2.05) is 32.0 Å². The van der Waals surface area contributed by atoms with Gasteiger partial charge in [0.25, 0.3) is 5.91 Å². The van der Waals surface area contributed by atoms with Crippen LogP contribution in [0.5, 0.6) is 17.2 Å². The molecule has 0 saturated carbocycles. The van der Waals surface area contributed by atoms with Crippen molar-refractivity contribution in [1.82, 2.24) is 5.43 Å². The maximum atomic E-state index is 12.7. The van der Waals surface area contributed by atoms with Crippen molar-refractivity contribution in [3.05, 3.63) is 87.4 Å². The molecule has 3 rings (SSSR count). The minimum atomic E-state index is -0.518. The molecule has 1 amide bonds. The Morgan fingerprint density at radius 3 is 2.46 bits per heavy atom. The lowest BCUT2D eigenvalue weighted by Gasteiger charge is -2.14. The maximum Gasteiger partial charge on any atom is 0.343 e. The average molecular weight is 567 g/mol. The fourth-order valence-electron chi connectivity index (χ4n) is 3.37. The van der Waals surface area contributed by atoms with Gasteiger partial charge in [0.2, 0.25) is 0 Å². The van der Waals surface area contributed by atoms with Crippen LogP contribution in [0.2, 0.25) is 0 Å². The van der Waals surface area contributed by atoms with Crippen molar-refractivity contribution in [3.63, 3.8) is 0 Å². The van der Waals surface area contributed by atoms with Crippen LogP contribution < -0.4 is 19.6 Å². The number of esters is 1. The Labute approximate surface area is 226 Å². The van der Waals surface area contributed by atoms with Gasteiger partial charge in [-0.1, -0.05) is 48.8 Å². The highest BCUT2D eigenvalue weighted by Gasteiger charge is 2.13. The van der Waals surface area contributed by atoms with Gasteiger partial charge in [-0.3, -0.25) is 4.79 Å². The number of benzene rings is 3. The molecule has 0 radical (unpaired) electrons. The molecule has 0 heterocycles. The van der Waals surface area contributed by atoms with Gasteiger partial charge in [0, 0.05) is 10.0 Å². The lowest BCUT2D eigenvalue weighted by Crippen LogP contribution is -2.25. The largest absolute Gasteiger partial charge is 0.494 e. The first-order valence-electron chi connectivity index (χ1n) is 12.1. The highest BCUT2D eigenvalue weighted by atomic mass is 79.9. The first-order chi connectivity index (χ1) is 17.8. The zero-order valence-corrected chi connectivity index (χ0v) is 23.0. The van der Waals surface area contributed by atoms with Gasteiger partial charge in [-0.05, 0) is 78.9 Å². The summed E-state index contributed by atoms with van der Waals surface area (Å²) in [5.41, 5.74) is 5.43. The summed E-state index contributed by atoms with van der Waals surface area (Å²) in [5.74, 6) is 1.01. The van der Waals surface area contributed by atoms with Crippen molar-refractivity contribution >= 4 is 34.0 Å². The number of carbonyl (C=O) groups excluding carboxylic acids is 2. The van der Waals surface area contributed by atoms with Crippen molar-refractivity contribution in [2.75, 3.05) is 13.2 Å². The Morgan fingerprint density at radius 2 is 1.76 bits per heavy atom. The number of amides is 1. The van der Waals surface area contributed by atoms with Crippen LogP contribution in [-0.2, 0) is 4.79 Å². The van der Waals surface area contributed by atoms with E-state index in [1.54, 1.807) is 42.5 Å². The number of aryl methyl sites for hydroxylation is 1. The Morgan fingerprint density at radius 1 is 1.00 bits per heavy atom. The van der Waals surface area contributed by atoms with E-state index < -0.39 is 11.9 Å². The van der Waals surface area contributed by atoms with Gasteiger partial charge >= 0.3 is 5.97 Å². The molecule has 0 spiro atoms. The molecular formula is C29H31BrN2O5. The molecule has 0 aliphatic heterocycles. The van der Waals surface area contributed by atoms with E-state index in [-0.39, 0.29) is 12.5 Å². The molecule has 0 aliphatic carbocycles. The highest BCUT2D eigenvalue weighted by Crippen LogP contribution is 2.27. The van der Waals surface area contributed by atoms with Crippen LogP contribution in [0.4, 0.5) is 0 Å². The Bertz CT molecular complexity index is 1260. The van der Waals surface area contributed by atoms with Gasteiger partial charge in [-0.15, -0.1) is 0 Å². The monoisotopic (exact) mass is 566 g/mol. The van der Waals surface area contributed by atoms with Gasteiger partial charge in [-0.2, -0.15) is 5.10 Å². The Balaban J connectivity index is 1.62. The minimum Gasteiger partial charge on any atom is -0.494 e. The normalized spacial score (nSPS) is 11.0. The number of hydrazone groups is 1. The smallest absolute Gasteiger partial charge is 0.343 e. The fourth-order valence-corrected chi connectivity index (χ4v) is 3.75. The van der Waals surface area contributed by atoms with Crippen LogP contribution in [0.1, 0.15) is 60.2 Å². The van der Waals surface area contributed by atoms with Gasteiger partial charge in [0.05, 0.1) is 18.4 Å². The van der Waals surface area contributed by atoms with Gasteiger partial charge < -0.3 is 14.2 Å². The first kappa shape index (κ1) is 27.9. The molecule has 0 unspecified atom stereocenters. The number of nitrogens with zero attached hydrogens (tertiary/aromatic N) is 1. The molecule has 3 aromatic rings. The number of halogens is 1. The molecule has 0 aliphatic rings. The second-order valence-corrected chi connectivity index (χ2v) is 9.64. The number of nitrogens with one attached hydrogen (secondary N) is 1. The molecule has 7 nitrogen and oxygen atoms in total. The molecule has 0 bridgehead atoms. The SMILES string of the molecule is CCCOc1ccc(C(=O)Oc2ccc(Br)cc2C=NNC(=O)COc2cc(C)ccc2C(C)C)cc1. The zero-order chi connectivity index (χ0) is 26.8. The fraction of sp³-hybridized carbons (Fsp3) is 0.276. The van der Waals surface area contributed by atoms with Crippen LogP contribution >= 0.6 is 15.9 Å². The summed E-state index contributed by atoms with van der Waals surface area (Å²) in [6, 6.07) is 17.8. The van der Waals surface area contributed by atoms with E-state index in [0.717, 1.165) is 22.0 Å². The van der Waals surface area contributed by atoms with Crippen LogP contribution in [0.3, 0.4) is 0 Å². The van der Waals surface area contributed by atoms with Crippen molar-refractivity contribution < 1.29 is 23.8 Å². The Kier molecular flexibility index (Phi) is 10.3. The van der Waals surface area contributed by atoms with Crippen LogP contribution in [0, 0.1) is 6.92 Å². The molecule has 37 heavy (non-hydrogen) atoms. The van der Waals surface area contributed by atoms with Crippen LogP contribution in [0.15, 0.2) is 70.2 Å². The van der Waals surface area contributed by atoms with Crippen molar-refractivity contribution in [1.29, 1.82) is 0 Å². The molecule has 3 aromatic carbocycles. The summed E-state index contributed by atoms with van der Waals surface area (Å²) < 4.78 is 17.6. The van der Waals surface area contributed by atoms with E-state index in [0.29, 0.717) is 35.0 Å². The third-order valence-corrected chi connectivity index (χ3v) is 5.77. The standard InChI is InChI=1S/C29H31BrN2O5/c1-5-14-35-24-10-7-21(8-11-24)29(34)37-26-13-9-23(30)16-22(26)17-31-32-28(33)18-36-27-15-20(4)6-12-25(27)19(2)3/h6-13,15-17,19H,5,14,18H2,1-4H3,(H,32,33). The summed E-state index contributed by atoms with van der Waals surface area (Å²) in [5, 5.41) is 4.02. The highest BCUT2D eigenvalue weighted by molar-refractivity contribution is 9.10. The maximum absolute atomic E-state index is 12.7. The van der Waals surface area contributed by atoms with Crippen molar-refractivity contribution in [2.45, 2.75) is 40.0 Å². The summed E-state index contributed by atoms with van der Waals surface area (Å²) in [7, 11) is 0. The summed E-state index contributed by atoms with van der Waals surface area (Å²) in [6.07, 6.45) is 2.32. The lowest BCUT2D eigenvalue weighted by atomic mass is 10.0. The molecule has 0 fully saturated rings. The third-order valence-electron chi connectivity index (χ3n) is 5.28. The lowest BCUT2D eigenvalue weighted by molar-refractivity contribution is -0.123. The van der Waals surface area contributed by atoms with Crippen LogP contribution in [0.25, 0.3) is 0 Å². The molecule has 194 valence electrons. The van der Waals surface area contributed by atoms with Crippen molar-refractivity contribution in [2.24, 2.45) is 5.10 Å². The molecule has 0 saturated heterocycles. The second kappa shape index (κ2) is 13.6. The van der Waals surface area contributed by atoms with E-state index >= 15 is 0 Å². The summed E-state index contributed by atoms with van der Waals surface area (Å²) >= 11 is 3.41. The first-order valence-corrected chi connectivity index (χ1v) is 12.9. The van der Waals surface area contributed by atoms with E-state index in [2.05, 4.69) is 40.3 Å². The van der Waals surface area contributed by atoms with Crippen molar-refractivity contribution in [3.8, 4) is 17.2 Å². The summed E-state index contributed by atoms with van der Waals surface area (Å²) in [6.45, 7) is 8.57. The third kappa shape index (κ3) is 8.46. The quantitative estimate of drug-likeness (QED) is 0.125. The number of rotatable bonds is 11. The predicted molar refractivity (Wildman–Crippen MR) is 148 cm³/mol. The van der Waals surface area contributed by atoms with E-state index in [9.17, 15) is 9.59 Å². The molecule has 8 heteroatoms. The second-order valence-electron chi connectivity index (χ2n) is 8.72. The minimum absolute atomic E-state index is 0.182. The molecule has 0 atom stereocenters. The molecule has 1 N–H and O–H groups in total. The zero-order valence-electron chi connectivity index (χ0n) is 21.4. The van der Waals surface area contributed by atoms with Gasteiger partial charge in [0.15, 0.2) is 6.61 Å². The predicted octanol–water partition coefficient (Wildman–Crippen LogP) is 6.42. The van der Waals surface area contributed by atoms with Gasteiger partial charge in [0.1, 0.15) is 17.2 Å². The van der Waals surface area contributed by atoms with Crippen LogP contribution in [-0.4, -0.2) is 31.3 Å². The summed E-state index contributed by atoms with van der Waals surface area (Å²) in [4.78, 5) is 25.0. The molecular weight excluding hydrogens is 536 g/mol. The number of carbonyl (C=O) groups is 2. The number of hydrogen-bond donors (Lipinski definition) is 1. The number of ether oxygens (including phenoxy) is 3. The van der Waals surface area contributed by atoms with Gasteiger partial charge in [-0.25, -0.2) is 10.2 Å². The molecule has 0 aromatic heterocycles. The number of hydrogen-bond acceptors (Lipinski definition) is 6.